The molecule has 13 heavy (non-hydrogen) atoms. The van der Waals surface area contributed by atoms with Gasteiger partial charge in [0, 0.05) is 6.54 Å². The summed E-state index contributed by atoms with van der Waals surface area (Å²) < 4.78 is 4.63. The Morgan fingerprint density at radius 2 is 2.15 bits per heavy atom. The molecule has 0 rings (SSSR count). The van der Waals surface area contributed by atoms with Crippen molar-refractivity contribution in [2.24, 2.45) is 5.92 Å². The van der Waals surface area contributed by atoms with Crippen LogP contribution in [0.4, 0.5) is 0 Å². The normalized spacial score (nSPS) is 13.0. The van der Waals surface area contributed by atoms with Crippen molar-refractivity contribution in [3.05, 3.63) is 0 Å². The van der Waals surface area contributed by atoms with Gasteiger partial charge in [-0.15, -0.1) is 0 Å². The Bertz CT molecular complexity index is 148. The van der Waals surface area contributed by atoms with Gasteiger partial charge in [-0.05, 0) is 12.3 Å². The molecule has 0 saturated carbocycles. The summed E-state index contributed by atoms with van der Waals surface area (Å²) in [4.78, 5) is 11.2. The number of hydrogen-bond donors (Lipinski definition) is 2. The van der Waals surface area contributed by atoms with Crippen molar-refractivity contribution in [2.75, 3.05) is 20.3 Å². The predicted octanol–water partition coefficient (Wildman–Crippen LogP) is 0.156. The van der Waals surface area contributed by atoms with Crippen LogP contribution in [0.15, 0.2) is 0 Å². The van der Waals surface area contributed by atoms with E-state index in [4.69, 9.17) is 5.11 Å². The molecule has 2 N–H and O–H groups in total. The summed E-state index contributed by atoms with van der Waals surface area (Å²) in [5.41, 5.74) is 0. The maximum absolute atomic E-state index is 11.2. The molecule has 4 heteroatoms. The van der Waals surface area contributed by atoms with Crippen LogP contribution in [0.1, 0.15) is 20.3 Å². The summed E-state index contributed by atoms with van der Waals surface area (Å²) in [6.07, 6.45) is 0.729. The molecule has 0 aromatic rings. The van der Waals surface area contributed by atoms with Gasteiger partial charge in [0.15, 0.2) is 0 Å². The molecule has 0 aromatic heterocycles. The molecule has 0 spiro atoms. The molecule has 0 radical (unpaired) electrons. The van der Waals surface area contributed by atoms with Gasteiger partial charge in [0.25, 0.3) is 0 Å². The van der Waals surface area contributed by atoms with Crippen molar-refractivity contribution in [3.63, 3.8) is 0 Å². The molecule has 0 aromatic carbocycles. The zero-order chi connectivity index (χ0) is 10.3. The van der Waals surface area contributed by atoms with E-state index in [1.807, 2.05) is 13.8 Å². The highest BCUT2D eigenvalue weighted by molar-refractivity contribution is 5.75. The Kier molecular flexibility index (Phi) is 6.54. The molecule has 4 nitrogen and oxygen atoms in total. The molecule has 0 aliphatic carbocycles. The summed E-state index contributed by atoms with van der Waals surface area (Å²) in [6, 6.07) is -0.294. The average Bonchev–Trinajstić information content (AvgIpc) is 2.10. The number of carbonyl (C=O) groups excluding carboxylic acids is 1. The molecule has 0 aliphatic rings. The number of aliphatic hydroxyl groups is 1. The lowest BCUT2D eigenvalue weighted by Crippen LogP contribution is -2.40. The second-order valence-electron chi connectivity index (χ2n) is 3.38. The number of esters is 1. The zero-order valence-corrected chi connectivity index (χ0v) is 8.54. The molecule has 1 unspecified atom stereocenters. The first-order valence-electron chi connectivity index (χ1n) is 4.53. The van der Waals surface area contributed by atoms with Crippen molar-refractivity contribution < 1.29 is 14.6 Å². The van der Waals surface area contributed by atoms with Crippen molar-refractivity contribution >= 4 is 5.97 Å². The maximum Gasteiger partial charge on any atom is 0.322 e. The van der Waals surface area contributed by atoms with Crippen LogP contribution in [0.25, 0.3) is 0 Å². The fourth-order valence-electron chi connectivity index (χ4n) is 1.12. The number of hydrogen-bond acceptors (Lipinski definition) is 4. The second-order valence-corrected chi connectivity index (χ2v) is 3.38. The summed E-state index contributed by atoms with van der Waals surface area (Å²) in [6.45, 7) is 4.53. The number of aliphatic hydroxyl groups excluding tert-OH is 1. The molecule has 1 atom stereocenters. The Morgan fingerprint density at radius 1 is 1.54 bits per heavy atom. The maximum atomic E-state index is 11.2. The zero-order valence-electron chi connectivity index (χ0n) is 8.54. The summed E-state index contributed by atoms with van der Waals surface area (Å²) in [5, 5.41) is 11.5. The van der Waals surface area contributed by atoms with E-state index in [2.05, 4.69) is 10.1 Å². The molecular formula is C9H19NO3. The van der Waals surface area contributed by atoms with Gasteiger partial charge in [0.2, 0.25) is 0 Å². The van der Waals surface area contributed by atoms with E-state index in [1.165, 1.54) is 7.11 Å². The first kappa shape index (κ1) is 12.4. The molecular weight excluding hydrogens is 170 g/mol. The van der Waals surface area contributed by atoms with E-state index in [-0.39, 0.29) is 18.6 Å². The summed E-state index contributed by atoms with van der Waals surface area (Å²) >= 11 is 0. The number of nitrogens with one attached hydrogen (secondary N) is 1. The third-order valence-electron chi connectivity index (χ3n) is 1.70. The van der Waals surface area contributed by atoms with Gasteiger partial charge in [0.05, 0.1) is 13.7 Å². The Balaban J connectivity index is 3.94. The molecule has 0 aliphatic heterocycles. The number of methoxy groups -OCH3 is 1. The van der Waals surface area contributed by atoms with Crippen molar-refractivity contribution in [2.45, 2.75) is 26.3 Å². The average molecular weight is 189 g/mol. The Hall–Kier alpha value is -0.610. The molecule has 0 amide bonds. The Morgan fingerprint density at radius 3 is 2.54 bits per heavy atom. The smallest absolute Gasteiger partial charge is 0.322 e. The first-order chi connectivity index (χ1) is 6.11. The fourth-order valence-corrected chi connectivity index (χ4v) is 1.12. The SMILES string of the molecule is COC(=O)C(CC(C)C)NCCO. The van der Waals surface area contributed by atoms with Crippen molar-refractivity contribution in [1.29, 1.82) is 0 Å². The topological polar surface area (TPSA) is 58.6 Å². The lowest BCUT2D eigenvalue weighted by molar-refractivity contribution is -0.143. The van der Waals surface area contributed by atoms with Crippen LogP contribution >= 0.6 is 0 Å². The fraction of sp³-hybridized carbons (Fsp3) is 0.889. The largest absolute Gasteiger partial charge is 0.468 e. The van der Waals surface area contributed by atoms with E-state index in [0.29, 0.717) is 12.5 Å². The highest BCUT2D eigenvalue weighted by Crippen LogP contribution is 2.05. The number of ether oxygens (including phenoxy) is 1. The van der Waals surface area contributed by atoms with E-state index in [1.54, 1.807) is 0 Å². The monoisotopic (exact) mass is 189 g/mol. The van der Waals surface area contributed by atoms with Gasteiger partial charge in [-0.2, -0.15) is 0 Å². The van der Waals surface area contributed by atoms with Crippen molar-refractivity contribution in [3.8, 4) is 0 Å². The molecule has 0 heterocycles. The highest BCUT2D eigenvalue weighted by atomic mass is 16.5. The van der Waals surface area contributed by atoms with Crippen LogP contribution in [-0.4, -0.2) is 37.4 Å². The third kappa shape index (κ3) is 5.60. The van der Waals surface area contributed by atoms with Crippen LogP contribution in [0.5, 0.6) is 0 Å². The van der Waals surface area contributed by atoms with E-state index >= 15 is 0 Å². The minimum atomic E-state index is -0.294. The van der Waals surface area contributed by atoms with Crippen LogP contribution in [0, 0.1) is 5.92 Å². The lowest BCUT2D eigenvalue weighted by atomic mass is 10.0. The highest BCUT2D eigenvalue weighted by Gasteiger charge is 2.18. The molecule has 0 fully saturated rings. The van der Waals surface area contributed by atoms with Gasteiger partial charge < -0.3 is 15.2 Å². The van der Waals surface area contributed by atoms with Gasteiger partial charge in [-0.25, -0.2) is 0 Å². The van der Waals surface area contributed by atoms with Crippen molar-refractivity contribution in [1.82, 2.24) is 5.32 Å². The van der Waals surface area contributed by atoms with Gasteiger partial charge in [-0.1, -0.05) is 13.8 Å². The molecule has 0 saturated heterocycles. The van der Waals surface area contributed by atoms with Gasteiger partial charge in [0.1, 0.15) is 6.04 Å². The lowest BCUT2D eigenvalue weighted by Gasteiger charge is -2.17. The Labute approximate surface area is 79.3 Å². The summed E-state index contributed by atoms with van der Waals surface area (Å²) in [7, 11) is 1.37. The minimum Gasteiger partial charge on any atom is -0.468 e. The van der Waals surface area contributed by atoms with E-state index < -0.39 is 0 Å². The standard InChI is InChI=1S/C9H19NO3/c1-7(2)6-8(9(12)13-3)10-4-5-11/h7-8,10-11H,4-6H2,1-3H3. The second kappa shape index (κ2) is 6.86. The van der Waals surface area contributed by atoms with Gasteiger partial charge in [-0.3, -0.25) is 4.79 Å². The quantitative estimate of drug-likeness (QED) is 0.584. The summed E-state index contributed by atoms with van der Waals surface area (Å²) in [5.74, 6) is 0.164. The van der Waals surface area contributed by atoms with Crippen LogP contribution in [0.3, 0.4) is 0 Å². The van der Waals surface area contributed by atoms with E-state index in [0.717, 1.165) is 6.42 Å². The number of rotatable bonds is 6. The predicted molar refractivity (Wildman–Crippen MR) is 50.3 cm³/mol. The van der Waals surface area contributed by atoms with Crippen LogP contribution < -0.4 is 5.32 Å². The minimum absolute atomic E-state index is 0.0333. The van der Waals surface area contributed by atoms with Gasteiger partial charge >= 0.3 is 5.97 Å². The van der Waals surface area contributed by atoms with Crippen LogP contribution in [-0.2, 0) is 9.53 Å². The number of carbonyl (C=O) groups is 1. The van der Waals surface area contributed by atoms with Crippen LogP contribution in [0.2, 0.25) is 0 Å². The molecule has 0 bridgehead atoms. The van der Waals surface area contributed by atoms with E-state index in [9.17, 15) is 4.79 Å². The first-order valence-corrected chi connectivity index (χ1v) is 4.53. The third-order valence-corrected chi connectivity index (χ3v) is 1.70. The molecule has 78 valence electrons.